The van der Waals surface area contributed by atoms with Crippen LogP contribution < -0.4 is 5.32 Å². The lowest BCUT2D eigenvalue weighted by molar-refractivity contribution is -0.148. The Morgan fingerprint density at radius 3 is 2.22 bits per heavy atom. The largest absolute Gasteiger partial charge is 0.481 e. The van der Waals surface area contributed by atoms with Crippen molar-refractivity contribution in [2.75, 3.05) is 6.54 Å². The van der Waals surface area contributed by atoms with Gasteiger partial charge in [0.2, 0.25) is 5.91 Å². The van der Waals surface area contributed by atoms with Crippen molar-refractivity contribution in [3.63, 3.8) is 0 Å². The van der Waals surface area contributed by atoms with Crippen LogP contribution in [-0.4, -0.2) is 23.5 Å². The Balaban J connectivity index is 1.85. The number of carboxylic acid groups (broad SMARTS) is 1. The summed E-state index contributed by atoms with van der Waals surface area (Å²) in [6.45, 7) is 0.317. The number of amides is 1. The monoisotopic (exact) mass is 253 g/mol. The molecule has 4 nitrogen and oxygen atoms in total. The molecule has 2 saturated carbocycles. The van der Waals surface area contributed by atoms with Crippen LogP contribution >= 0.6 is 0 Å². The Morgan fingerprint density at radius 2 is 1.67 bits per heavy atom. The predicted octanol–water partition coefficient (Wildman–Crippen LogP) is 2.33. The second-order valence-corrected chi connectivity index (χ2v) is 5.85. The van der Waals surface area contributed by atoms with E-state index in [0.29, 0.717) is 19.4 Å². The van der Waals surface area contributed by atoms with Gasteiger partial charge in [0.15, 0.2) is 0 Å². The van der Waals surface area contributed by atoms with Crippen molar-refractivity contribution in [3.8, 4) is 0 Å². The smallest absolute Gasteiger partial charge is 0.311 e. The molecule has 0 aliphatic heterocycles. The Hall–Kier alpha value is -1.06. The molecule has 0 heterocycles. The van der Waals surface area contributed by atoms with Crippen molar-refractivity contribution < 1.29 is 14.7 Å². The van der Waals surface area contributed by atoms with Crippen molar-refractivity contribution in [2.45, 2.75) is 57.8 Å². The fourth-order valence-corrected chi connectivity index (χ4v) is 3.28. The number of hydrogen-bond acceptors (Lipinski definition) is 2. The summed E-state index contributed by atoms with van der Waals surface area (Å²) < 4.78 is 0. The fourth-order valence-electron chi connectivity index (χ4n) is 3.28. The molecule has 2 fully saturated rings. The predicted molar refractivity (Wildman–Crippen MR) is 68.1 cm³/mol. The van der Waals surface area contributed by atoms with Crippen LogP contribution in [0.15, 0.2) is 0 Å². The van der Waals surface area contributed by atoms with E-state index in [1.807, 2.05) is 0 Å². The van der Waals surface area contributed by atoms with Crippen molar-refractivity contribution >= 4 is 11.9 Å². The number of carboxylic acids is 1. The highest BCUT2D eigenvalue weighted by molar-refractivity contribution is 5.80. The lowest BCUT2D eigenvalue weighted by atomic mass is 9.85. The van der Waals surface area contributed by atoms with Crippen LogP contribution in [0.4, 0.5) is 0 Å². The molecule has 0 aromatic heterocycles. The Kier molecular flexibility index (Phi) is 4.25. The minimum absolute atomic E-state index is 0.0715. The molecule has 18 heavy (non-hydrogen) atoms. The van der Waals surface area contributed by atoms with Crippen LogP contribution in [0.1, 0.15) is 57.8 Å². The van der Waals surface area contributed by atoms with Crippen molar-refractivity contribution in [1.82, 2.24) is 5.32 Å². The molecule has 0 aromatic carbocycles. The first-order valence-electron chi connectivity index (χ1n) is 7.15. The highest BCUT2D eigenvalue weighted by Gasteiger charge is 2.41. The highest BCUT2D eigenvalue weighted by atomic mass is 16.4. The molecule has 4 heteroatoms. The van der Waals surface area contributed by atoms with E-state index in [-0.39, 0.29) is 11.8 Å². The summed E-state index contributed by atoms with van der Waals surface area (Å²) in [5.41, 5.74) is -0.690. The third-order valence-electron chi connectivity index (χ3n) is 4.59. The second kappa shape index (κ2) is 5.72. The SMILES string of the molecule is O=C(NCC1(C(=O)O)CCCC1)C1CCCCC1. The molecule has 102 valence electrons. The van der Waals surface area contributed by atoms with Crippen LogP contribution in [0, 0.1) is 11.3 Å². The van der Waals surface area contributed by atoms with E-state index in [2.05, 4.69) is 5.32 Å². The minimum atomic E-state index is -0.746. The molecule has 2 aliphatic carbocycles. The van der Waals surface area contributed by atoms with Crippen LogP contribution in [0.2, 0.25) is 0 Å². The summed E-state index contributed by atoms with van der Waals surface area (Å²) in [5.74, 6) is -0.558. The van der Waals surface area contributed by atoms with Gasteiger partial charge in [-0.15, -0.1) is 0 Å². The number of carbonyl (C=O) groups is 2. The zero-order valence-corrected chi connectivity index (χ0v) is 10.9. The lowest BCUT2D eigenvalue weighted by Crippen LogP contribution is -2.43. The third-order valence-corrected chi connectivity index (χ3v) is 4.59. The van der Waals surface area contributed by atoms with Crippen molar-refractivity contribution in [2.24, 2.45) is 11.3 Å². The first-order chi connectivity index (χ1) is 8.64. The fraction of sp³-hybridized carbons (Fsp3) is 0.857. The summed E-state index contributed by atoms with van der Waals surface area (Å²) >= 11 is 0. The molecule has 2 rings (SSSR count). The topological polar surface area (TPSA) is 66.4 Å². The first kappa shape index (κ1) is 13.4. The Morgan fingerprint density at radius 1 is 1.06 bits per heavy atom. The Bertz CT molecular complexity index is 315. The van der Waals surface area contributed by atoms with Gasteiger partial charge in [-0.05, 0) is 25.7 Å². The molecule has 1 amide bonds. The number of carbonyl (C=O) groups excluding carboxylic acids is 1. The van der Waals surface area contributed by atoms with E-state index in [1.54, 1.807) is 0 Å². The van der Waals surface area contributed by atoms with Gasteiger partial charge >= 0.3 is 5.97 Å². The van der Waals surface area contributed by atoms with E-state index in [0.717, 1.165) is 38.5 Å². The molecule has 2 N–H and O–H groups in total. The van der Waals surface area contributed by atoms with Gasteiger partial charge in [0.05, 0.1) is 5.41 Å². The quantitative estimate of drug-likeness (QED) is 0.808. The van der Waals surface area contributed by atoms with E-state index in [4.69, 9.17) is 0 Å². The molecule has 2 aliphatic rings. The van der Waals surface area contributed by atoms with Gasteiger partial charge in [-0.1, -0.05) is 32.1 Å². The third kappa shape index (κ3) is 2.85. The van der Waals surface area contributed by atoms with Gasteiger partial charge in [0.25, 0.3) is 0 Å². The van der Waals surface area contributed by atoms with E-state index < -0.39 is 11.4 Å². The summed E-state index contributed by atoms with van der Waals surface area (Å²) in [5, 5.41) is 12.2. The lowest BCUT2D eigenvalue weighted by Gasteiger charge is -2.26. The molecule has 0 atom stereocenters. The van der Waals surface area contributed by atoms with E-state index in [9.17, 15) is 14.7 Å². The number of aliphatic carboxylic acids is 1. The summed E-state index contributed by atoms with van der Waals surface area (Å²) in [4.78, 5) is 23.4. The molecule has 0 aromatic rings. The summed E-state index contributed by atoms with van der Waals surface area (Å²) in [6.07, 6.45) is 8.74. The molecular weight excluding hydrogens is 230 g/mol. The summed E-state index contributed by atoms with van der Waals surface area (Å²) in [7, 11) is 0. The second-order valence-electron chi connectivity index (χ2n) is 5.85. The normalized spacial score (nSPS) is 23.8. The van der Waals surface area contributed by atoms with Gasteiger partial charge in [-0.2, -0.15) is 0 Å². The molecule has 0 unspecified atom stereocenters. The van der Waals surface area contributed by atoms with Crippen LogP contribution in [0.25, 0.3) is 0 Å². The van der Waals surface area contributed by atoms with Crippen LogP contribution in [0.3, 0.4) is 0 Å². The highest BCUT2D eigenvalue weighted by Crippen LogP contribution is 2.38. The standard InChI is InChI=1S/C14H23NO3/c16-12(11-6-2-1-3-7-11)15-10-14(13(17)18)8-4-5-9-14/h11H,1-10H2,(H,15,16)(H,17,18). The van der Waals surface area contributed by atoms with Crippen LogP contribution in [-0.2, 0) is 9.59 Å². The van der Waals surface area contributed by atoms with Crippen LogP contribution in [0.5, 0.6) is 0 Å². The number of rotatable bonds is 4. The maximum atomic E-state index is 12.0. The zero-order chi connectivity index (χ0) is 13.0. The van der Waals surface area contributed by atoms with Crippen molar-refractivity contribution in [1.29, 1.82) is 0 Å². The first-order valence-corrected chi connectivity index (χ1v) is 7.15. The van der Waals surface area contributed by atoms with Gasteiger partial charge < -0.3 is 10.4 Å². The Labute approximate surface area is 108 Å². The maximum absolute atomic E-state index is 12.0. The number of nitrogens with one attached hydrogen (secondary N) is 1. The van der Waals surface area contributed by atoms with Gasteiger partial charge in [0, 0.05) is 12.5 Å². The van der Waals surface area contributed by atoms with Gasteiger partial charge in [-0.3, -0.25) is 9.59 Å². The zero-order valence-electron chi connectivity index (χ0n) is 10.9. The summed E-state index contributed by atoms with van der Waals surface area (Å²) in [6, 6.07) is 0. The molecule has 0 spiro atoms. The average molecular weight is 253 g/mol. The van der Waals surface area contributed by atoms with E-state index >= 15 is 0 Å². The average Bonchev–Trinajstić information content (AvgIpc) is 2.87. The minimum Gasteiger partial charge on any atom is -0.481 e. The van der Waals surface area contributed by atoms with Crippen molar-refractivity contribution in [3.05, 3.63) is 0 Å². The molecular formula is C14H23NO3. The molecule has 0 saturated heterocycles. The molecule has 0 bridgehead atoms. The maximum Gasteiger partial charge on any atom is 0.311 e. The van der Waals surface area contributed by atoms with Gasteiger partial charge in [-0.25, -0.2) is 0 Å². The van der Waals surface area contributed by atoms with E-state index in [1.165, 1.54) is 6.42 Å². The molecule has 0 radical (unpaired) electrons. The van der Waals surface area contributed by atoms with Gasteiger partial charge in [0.1, 0.15) is 0 Å². The number of hydrogen-bond donors (Lipinski definition) is 2.